The molecule has 0 radical (unpaired) electrons. The van der Waals surface area contributed by atoms with E-state index in [1.807, 2.05) is 0 Å². The second-order valence-corrected chi connectivity index (χ2v) is 4.79. The first-order valence-electron chi connectivity index (χ1n) is 6.24. The molecule has 1 saturated heterocycles. The molecule has 1 aromatic rings. The molecule has 1 unspecified atom stereocenters. The Balaban J connectivity index is 2.02. The largest absolute Gasteiger partial charge is 0.416 e. The van der Waals surface area contributed by atoms with E-state index in [-0.39, 0.29) is 18.2 Å². The molecule has 2 N–H and O–H groups in total. The van der Waals surface area contributed by atoms with Gasteiger partial charge in [-0.05, 0) is 24.6 Å². The molecule has 0 saturated carbocycles. The van der Waals surface area contributed by atoms with Crippen LogP contribution >= 0.6 is 0 Å². The fraction of sp³-hybridized carbons (Fsp3) is 0.462. The van der Waals surface area contributed by atoms with Crippen LogP contribution in [-0.2, 0) is 6.18 Å². The number of nitrogens with one attached hydrogen (secondary N) is 1. The first kappa shape index (κ1) is 14.6. The van der Waals surface area contributed by atoms with Crippen molar-refractivity contribution in [2.24, 2.45) is 5.92 Å². The lowest BCUT2D eigenvalue weighted by molar-refractivity contribution is -0.137. The zero-order valence-electron chi connectivity index (χ0n) is 10.7. The van der Waals surface area contributed by atoms with Gasteiger partial charge in [0.25, 0.3) is 0 Å². The molecule has 4 nitrogen and oxygen atoms in total. The lowest BCUT2D eigenvalue weighted by Gasteiger charge is -2.17. The third kappa shape index (κ3) is 3.41. The first-order chi connectivity index (χ1) is 9.40. The molecule has 20 heavy (non-hydrogen) atoms. The summed E-state index contributed by atoms with van der Waals surface area (Å²) in [7, 11) is 0. The monoisotopic (exact) mass is 288 g/mol. The molecule has 7 heteroatoms. The fourth-order valence-corrected chi connectivity index (χ4v) is 2.14. The summed E-state index contributed by atoms with van der Waals surface area (Å²) < 4.78 is 37.7. The number of likely N-dealkylation sites (tertiary alicyclic amines) is 1. The molecule has 0 bridgehead atoms. The number of benzene rings is 1. The number of anilines is 1. The van der Waals surface area contributed by atoms with Crippen LogP contribution in [0.5, 0.6) is 0 Å². The molecule has 0 aromatic heterocycles. The van der Waals surface area contributed by atoms with E-state index in [4.69, 9.17) is 5.11 Å². The van der Waals surface area contributed by atoms with Gasteiger partial charge in [-0.15, -0.1) is 0 Å². The Morgan fingerprint density at radius 1 is 1.45 bits per heavy atom. The van der Waals surface area contributed by atoms with Gasteiger partial charge >= 0.3 is 12.2 Å². The molecule has 2 rings (SSSR count). The minimum absolute atomic E-state index is 0.00728. The van der Waals surface area contributed by atoms with E-state index >= 15 is 0 Å². The van der Waals surface area contributed by atoms with E-state index in [0.29, 0.717) is 19.5 Å². The smallest absolute Gasteiger partial charge is 0.396 e. The predicted molar refractivity (Wildman–Crippen MR) is 67.2 cm³/mol. The maximum absolute atomic E-state index is 12.6. The van der Waals surface area contributed by atoms with E-state index in [1.54, 1.807) is 0 Å². The predicted octanol–water partition coefficient (Wildman–Crippen LogP) is 2.55. The van der Waals surface area contributed by atoms with Crippen molar-refractivity contribution in [3.63, 3.8) is 0 Å². The van der Waals surface area contributed by atoms with E-state index < -0.39 is 17.8 Å². The van der Waals surface area contributed by atoms with E-state index in [9.17, 15) is 18.0 Å². The molecule has 1 aliphatic rings. The number of halogens is 3. The van der Waals surface area contributed by atoms with Gasteiger partial charge in [0.05, 0.1) is 5.56 Å². The normalized spacial score (nSPS) is 19.2. The van der Waals surface area contributed by atoms with Crippen LogP contribution < -0.4 is 5.32 Å². The molecule has 0 spiro atoms. The third-order valence-electron chi connectivity index (χ3n) is 3.27. The molecule has 0 aliphatic carbocycles. The molecule has 2 amide bonds. The average molecular weight is 288 g/mol. The number of hydrogen-bond donors (Lipinski definition) is 2. The van der Waals surface area contributed by atoms with Gasteiger partial charge in [-0.1, -0.05) is 6.07 Å². The van der Waals surface area contributed by atoms with Gasteiger partial charge in [-0.2, -0.15) is 13.2 Å². The lowest BCUT2D eigenvalue weighted by atomic mass is 10.1. The van der Waals surface area contributed by atoms with Crippen LogP contribution in [-0.4, -0.2) is 35.7 Å². The summed E-state index contributed by atoms with van der Waals surface area (Å²) in [5.41, 5.74) is -0.692. The Labute approximate surface area is 114 Å². The Bertz CT molecular complexity index is 491. The Hall–Kier alpha value is -1.76. The molecular weight excluding hydrogens is 273 g/mol. The molecule has 1 aliphatic heterocycles. The van der Waals surface area contributed by atoms with Crippen LogP contribution in [0, 0.1) is 5.92 Å². The summed E-state index contributed by atoms with van der Waals surface area (Å²) in [6.45, 7) is 0.921. The number of carbonyl (C=O) groups excluding carboxylic acids is 1. The molecular formula is C13H15F3N2O2. The highest BCUT2D eigenvalue weighted by Gasteiger charge is 2.31. The van der Waals surface area contributed by atoms with Crippen LogP contribution in [0.15, 0.2) is 24.3 Å². The molecule has 1 atom stereocenters. The highest BCUT2D eigenvalue weighted by Crippen LogP contribution is 2.30. The van der Waals surface area contributed by atoms with Gasteiger partial charge < -0.3 is 15.3 Å². The second kappa shape index (κ2) is 5.70. The van der Waals surface area contributed by atoms with Crippen LogP contribution in [0.25, 0.3) is 0 Å². The quantitative estimate of drug-likeness (QED) is 0.878. The highest BCUT2D eigenvalue weighted by atomic mass is 19.4. The minimum Gasteiger partial charge on any atom is -0.396 e. The zero-order valence-corrected chi connectivity index (χ0v) is 10.7. The first-order valence-corrected chi connectivity index (χ1v) is 6.24. The third-order valence-corrected chi connectivity index (χ3v) is 3.27. The van der Waals surface area contributed by atoms with Crippen LogP contribution in [0.3, 0.4) is 0 Å². The van der Waals surface area contributed by atoms with Gasteiger partial charge in [0.15, 0.2) is 0 Å². The van der Waals surface area contributed by atoms with Crippen molar-refractivity contribution in [3.8, 4) is 0 Å². The van der Waals surface area contributed by atoms with E-state index in [2.05, 4.69) is 5.32 Å². The van der Waals surface area contributed by atoms with E-state index in [0.717, 1.165) is 12.1 Å². The molecule has 110 valence electrons. The SMILES string of the molecule is O=C(Nc1cccc(C(F)(F)F)c1)N1CCC(CO)C1. The van der Waals surface area contributed by atoms with Crippen molar-refractivity contribution in [3.05, 3.63) is 29.8 Å². The number of urea groups is 1. The number of aliphatic hydroxyl groups excluding tert-OH is 1. The number of hydrogen-bond acceptors (Lipinski definition) is 2. The van der Waals surface area contributed by atoms with Crippen LogP contribution in [0.1, 0.15) is 12.0 Å². The van der Waals surface area contributed by atoms with Crippen molar-refractivity contribution in [2.45, 2.75) is 12.6 Å². The van der Waals surface area contributed by atoms with Gasteiger partial charge in [-0.3, -0.25) is 0 Å². The van der Waals surface area contributed by atoms with Gasteiger partial charge in [0.2, 0.25) is 0 Å². The number of alkyl halides is 3. The van der Waals surface area contributed by atoms with Gasteiger partial charge in [0.1, 0.15) is 0 Å². The maximum atomic E-state index is 12.6. The fourth-order valence-electron chi connectivity index (χ4n) is 2.14. The van der Waals surface area contributed by atoms with Gasteiger partial charge in [0, 0.05) is 31.3 Å². The molecule has 1 aromatic carbocycles. The lowest BCUT2D eigenvalue weighted by Crippen LogP contribution is -2.33. The standard InChI is InChI=1S/C13H15F3N2O2/c14-13(15,16)10-2-1-3-11(6-10)17-12(20)18-5-4-9(7-18)8-19/h1-3,6,9,19H,4-5,7-8H2,(H,17,20). The number of carbonyl (C=O) groups is 1. The minimum atomic E-state index is -4.43. The summed E-state index contributed by atoms with van der Waals surface area (Å²) in [4.78, 5) is 13.4. The number of rotatable bonds is 2. The topological polar surface area (TPSA) is 52.6 Å². The van der Waals surface area contributed by atoms with Crippen molar-refractivity contribution < 1.29 is 23.1 Å². The number of amides is 2. The van der Waals surface area contributed by atoms with Crippen LogP contribution in [0.2, 0.25) is 0 Å². The Morgan fingerprint density at radius 3 is 2.80 bits per heavy atom. The van der Waals surface area contributed by atoms with Crippen molar-refractivity contribution in [1.29, 1.82) is 0 Å². The van der Waals surface area contributed by atoms with Gasteiger partial charge in [-0.25, -0.2) is 4.79 Å². The average Bonchev–Trinajstić information content (AvgIpc) is 2.87. The Morgan fingerprint density at radius 2 is 2.20 bits per heavy atom. The van der Waals surface area contributed by atoms with Crippen molar-refractivity contribution >= 4 is 11.7 Å². The summed E-state index contributed by atoms with van der Waals surface area (Å²) >= 11 is 0. The summed E-state index contributed by atoms with van der Waals surface area (Å²) in [6, 6.07) is 4.07. The number of nitrogens with zero attached hydrogens (tertiary/aromatic N) is 1. The highest BCUT2D eigenvalue weighted by molar-refractivity contribution is 5.89. The molecule has 1 fully saturated rings. The summed E-state index contributed by atoms with van der Waals surface area (Å²) in [5, 5.41) is 11.4. The van der Waals surface area contributed by atoms with Crippen molar-refractivity contribution in [2.75, 3.05) is 25.0 Å². The number of aliphatic hydroxyl groups is 1. The summed E-state index contributed by atoms with van der Waals surface area (Å²) in [5.74, 6) is 0.0438. The van der Waals surface area contributed by atoms with Crippen molar-refractivity contribution in [1.82, 2.24) is 4.90 Å². The Kier molecular flexibility index (Phi) is 4.17. The zero-order chi connectivity index (χ0) is 14.8. The van der Waals surface area contributed by atoms with E-state index in [1.165, 1.54) is 17.0 Å². The summed E-state index contributed by atoms with van der Waals surface area (Å²) in [6.07, 6.45) is -3.73. The van der Waals surface area contributed by atoms with Crippen LogP contribution in [0.4, 0.5) is 23.7 Å². The maximum Gasteiger partial charge on any atom is 0.416 e. The molecule has 1 heterocycles. The second-order valence-electron chi connectivity index (χ2n) is 4.79.